The first-order valence-corrected chi connectivity index (χ1v) is 6.47. The van der Waals surface area contributed by atoms with E-state index < -0.39 is 17.9 Å². The average Bonchev–Trinajstić information content (AvgIpc) is 2.46. The lowest BCUT2D eigenvalue weighted by molar-refractivity contribution is -0.140. The fraction of sp³-hybridized carbons (Fsp3) is 0.429. The van der Waals surface area contributed by atoms with Crippen molar-refractivity contribution in [2.45, 2.75) is 19.0 Å². The van der Waals surface area contributed by atoms with E-state index in [9.17, 15) is 9.59 Å². The number of methoxy groups -OCH3 is 1. The Labute approximate surface area is 117 Å². The molecule has 0 aromatic heterocycles. The van der Waals surface area contributed by atoms with Gasteiger partial charge < -0.3 is 20.5 Å². The smallest absolute Gasteiger partial charge is 0.328 e. The number of rotatable bonds is 5. The van der Waals surface area contributed by atoms with Gasteiger partial charge in [0, 0.05) is 19.2 Å². The van der Waals surface area contributed by atoms with Crippen molar-refractivity contribution in [3.05, 3.63) is 34.9 Å². The van der Waals surface area contributed by atoms with Crippen molar-refractivity contribution >= 4 is 11.9 Å². The van der Waals surface area contributed by atoms with Crippen LogP contribution < -0.4 is 10.6 Å². The largest absolute Gasteiger partial charge is 0.480 e. The van der Waals surface area contributed by atoms with Crippen molar-refractivity contribution in [3.63, 3.8) is 0 Å². The molecule has 0 radical (unpaired) electrons. The van der Waals surface area contributed by atoms with Crippen LogP contribution in [0.5, 0.6) is 0 Å². The van der Waals surface area contributed by atoms with Gasteiger partial charge in [-0.3, -0.25) is 4.79 Å². The molecule has 1 aliphatic heterocycles. The van der Waals surface area contributed by atoms with Crippen molar-refractivity contribution in [3.8, 4) is 0 Å². The Morgan fingerprint density at radius 3 is 2.95 bits per heavy atom. The third-order valence-electron chi connectivity index (χ3n) is 3.29. The fourth-order valence-corrected chi connectivity index (χ4v) is 2.20. The summed E-state index contributed by atoms with van der Waals surface area (Å²) in [6, 6.07) is 4.42. The number of carbonyl (C=O) groups excluding carboxylic acids is 1. The number of benzene rings is 1. The summed E-state index contributed by atoms with van der Waals surface area (Å²) < 4.78 is 4.79. The van der Waals surface area contributed by atoms with Gasteiger partial charge in [0.2, 0.25) is 0 Å². The maximum absolute atomic E-state index is 12.1. The number of ether oxygens (including phenoxy) is 1. The number of aliphatic carboxylic acids is 1. The molecule has 1 unspecified atom stereocenters. The molecule has 0 fully saturated rings. The summed E-state index contributed by atoms with van der Waals surface area (Å²) >= 11 is 0. The van der Waals surface area contributed by atoms with Crippen molar-refractivity contribution in [2.75, 3.05) is 20.3 Å². The number of carboxylic acid groups (broad SMARTS) is 1. The molecule has 0 saturated heterocycles. The van der Waals surface area contributed by atoms with Crippen LogP contribution in [0.25, 0.3) is 0 Å². The van der Waals surface area contributed by atoms with E-state index >= 15 is 0 Å². The highest BCUT2D eigenvalue weighted by Gasteiger charge is 2.21. The number of amides is 1. The zero-order valence-corrected chi connectivity index (χ0v) is 11.3. The first kappa shape index (κ1) is 14.5. The Morgan fingerprint density at radius 2 is 2.25 bits per heavy atom. The number of carboxylic acids is 1. The average molecular weight is 278 g/mol. The molecule has 108 valence electrons. The Morgan fingerprint density at radius 1 is 1.45 bits per heavy atom. The van der Waals surface area contributed by atoms with Crippen LogP contribution in [0.3, 0.4) is 0 Å². The molecule has 1 amide bonds. The highest BCUT2D eigenvalue weighted by Crippen LogP contribution is 2.16. The van der Waals surface area contributed by atoms with E-state index in [4.69, 9.17) is 9.84 Å². The number of fused-ring (bicyclic) bond motifs is 1. The Hall–Kier alpha value is -1.92. The fourth-order valence-electron chi connectivity index (χ4n) is 2.20. The molecule has 20 heavy (non-hydrogen) atoms. The van der Waals surface area contributed by atoms with Crippen LogP contribution in [-0.4, -0.2) is 43.3 Å². The zero-order chi connectivity index (χ0) is 14.5. The van der Waals surface area contributed by atoms with Gasteiger partial charge in [-0.05, 0) is 36.2 Å². The maximum atomic E-state index is 12.1. The van der Waals surface area contributed by atoms with Gasteiger partial charge in [0.15, 0.2) is 6.04 Å². The summed E-state index contributed by atoms with van der Waals surface area (Å²) in [5.74, 6) is -1.51. The summed E-state index contributed by atoms with van der Waals surface area (Å²) in [5, 5.41) is 14.7. The minimum absolute atomic E-state index is 0.0619. The second-order valence-electron chi connectivity index (χ2n) is 4.73. The summed E-state index contributed by atoms with van der Waals surface area (Å²) in [4.78, 5) is 23.1. The molecule has 1 aliphatic rings. The molecular formula is C14H18N2O4. The highest BCUT2D eigenvalue weighted by atomic mass is 16.5. The summed E-state index contributed by atoms with van der Waals surface area (Å²) in [6.07, 6.45) is 0.943. The van der Waals surface area contributed by atoms with Gasteiger partial charge in [-0.2, -0.15) is 0 Å². The van der Waals surface area contributed by atoms with Crippen LogP contribution in [0.2, 0.25) is 0 Å². The standard InChI is InChI=1S/C14H18N2O4/c1-20-8-12(14(18)19)16-13(17)10-3-2-9-4-5-15-7-11(9)6-10/h2-3,6,12,15H,4-5,7-8H2,1H3,(H,16,17)(H,18,19). The summed E-state index contributed by atoms with van der Waals surface area (Å²) in [7, 11) is 1.40. The second kappa shape index (κ2) is 6.49. The molecule has 1 atom stereocenters. The predicted molar refractivity (Wildman–Crippen MR) is 72.6 cm³/mol. The quantitative estimate of drug-likeness (QED) is 0.714. The summed E-state index contributed by atoms with van der Waals surface area (Å²) in [5.41, 5.74) is 2.78. The van der Waals surface area contributed by atoms with Crippen molar-refractivity contribution in [2.24, 2.45) is 0 Å². The Bertz CT molecular complexity index is 516. The second-order valence-corrected chi connectivity index (χ2v) is 4.73. The molecule has 1 heterocycles. The number of hydrogen-bond donors (Lipinski definition) is 3. The third kappa shape index (κ3) is 3.34. The zero-order valence-electron chi connectivity index (χ0n) is 11.3. The molecule has 6 nitrogen and oxygen atoms in total. The van der Waals surface area contributed by atoms with E-state index in [2.05, 4.69) is 10.6 Å². The predicted octanol–water partition coefficient (Wildman–Crippen LogP) is 0.162. The molecule has 1 aromatic rings. The normalized spacial score (nSPS) is 15.2. The molecule has 6 heteroatoms. The van der Waals surface area contributed by atoms with E-state index in [1.807, 2.05) is 12.1 Å². The lowest BCUT2D eigenvalue weighted by atomic mass is 9.98. The summed E-state index contributed by atoms with van der Waals surface area (Å²) in [6.45, 7) is 1.61. The molecule has 0 bridgehead atoms. The van der Waals surface area contributed by atoms with Gasteiger partial charge in [0.05, 0.1) is 6.61 Å². The van der Waals surface area contributed by atoms with E-state index in [0.29, 0.717) is 5.56 Å². The molecule has 0 aliphatic carbocycles. The maximum Gasteiger partial charge on any atom is 0.328 e. The third-order valence-corrected chi connectivity index (χ3v) is 3.29. The minimum Gasteiger partial charge on any atom is -0.480 e. The van der Waals surface area contributed by atoms with Crippen molar-refractivity contribution < 1.29 is 19.4 Å². The van der Waals surface area contributed by atoms with Crippen molar-refractivity contribution in [1.29, 1.82) is 0 Å². The minimum atomic E-state index is -1.11. The number of nitrogens with one attached hydrogen (secondary N) is 2. The van der Waals surface area contributed by atoms with Crippen LogP contribution in [-0.2, 0) is 22.5 Å². The van der Waals surface area contributed by atoms with Gasteiger partial charge in [0.1, 0.15) is 0 Å². The lowest BCUT2D eigenvalue weighted by Gasteiger charge is -2.18. The number of hydrogen-bond acceptors (Lipinski definition) is 4. The van der Waals surface area contributed by atoms with Gasteiger partial charge >= 0.3 is 5.97 Å². The number of carbonyl (C=O) groups is 2. The Balaban J connectivity index is 2.10. The highest BCUT2D eigenvalue weighted by molar-refractivity contribution is 5.96. The molecule has 1 aromatic carbocycles. The molecular weight excluding hydrogens is 260 g/mol. The Kier molecular flexibility index (Phi) is 4.70. The first-order chi connectivity index (χ1) is 9.61. The van der Waals surface area contributed by atoms with E-state index in [0.717, 1.165) is 25.1 Å². The van der Waals surface area contributed by atoms with Crippen molar-refractivity contribution in [1.82, 2.24) is 10.6 Å². The van der Waals surface area contributed by atoms with Crippen LogP contribution in [0.1, 0.15) is 21.5 Å². The molecule has 0 saturated carbocycles. The lowest BCUT2D eigenvalue weighted by Crippen LogP contribution is -2.43. The first-order valence-electron chi connectivity index (χ1n) is 6.47. The molecule has 2 rings (SSSR count). The van der Waals surface area contributed by atoms with Crippen LogP contribution in [0.4, 0.5) is 0 Å². The van der Waals surface area contributed by atoms with Gasteiger partial charge in [-0.25, -0.2) is 4.79 Å². The van der Waals surface area contributed by atoms with Crippen LogP contribution in [0.15, 0.2) is 18.2 Å². The van der Waals surface area contributed by atoms with E-state index in [1.54, 1.807) is 6.07 Å². The monoisotopic (exact) mass is 278 g/mol. The van der Waals surface area contributed by atoms with Gasteiger partial charge in [-0.1, -0.05) is 6.07 Å². The van der Waals surface area contributed by atoms with E-state index in [-0.39, 0.29) is 6.61 Å². The van der Waals surface area contributed by atoms with Crippen LogP contribution in [0, 0.1) is 0 Å². The van der Waals surface area contributed by atoms with Gasteiger partial charge in [0.25, 0.3) is 5.91 Å². The van der Waals surface area contributed by atoms with E-state index in [1.165, 1.54) is 12.7 Å². The molecule has 3 N–H and O–H groups in total. The van der Waals surface area contributed by atoms with Crippen LogP contribution >= 0.6 is 0 Å². The SMILES string of the molecule is COCC(NC(=O)c1ccc2c(c1)CNCC2)C(=O)O. The topological polar surface area (TPSA) is 87.7 Å². The molecule has 0 spiro atoms. The van der Waals surface area contributed by atoms with Gasteiger partial charge in [-0.15, -0.1) is 0 Å².